The minimum atomic E-state index is 0.249. The third-order valence-electron chi connectivity index (χ3n) is 5.19. The highest BCUT2D eigenvalue weighted by molar-refractivity contribution is 5.99. The standard InChI is InChI=1S/C20H21N7O/c1-12-4-3-6-21-17(12)14-10-16(27-8-9-28-11-13(27)2)23-20-18(14)25-26-19(20)15-5-7-22-24-15/h3-7,10,13H,8-9,11H2,1-2H3,(H,22,24)(H,25,26)/t13-/m1/s1. The lowest BCUT2D eigenvalue weighted by molar-refractivity contribution is 0.0986. The molecule has 4 aromatic rings. The summed E-state index contributed by atoms with van der Waals surface area (Å²) in [5, 5.41) is 14.8. The van der Waals surface area contributed by atoms with Crippen LogP contribution >= 0.6 is 0 Å². The molecule has 0 spiro atoms. The largest absolute Gasteiger partial charge is 0.377 e. The first kappa shape index (κ1) is 16.9. The summed E-state index contributed by atoms with van der Waals surface area (Å²) in [4.78, 5) is 11.9. The van der Waals surface area contributed by atoms with Gasteiger partial charge in [0.1, 0.15) is 22.5 Å². The number of hydrogen-bond donors (Lipinski definition) is 2. The van der Waals surface area contributed by atoms with Gasteiger partial charge in [0.05, 0.1) is 30.6 Å². The van der Waals surface area contributed by atoms with Crippen LogP contribution in [0.4, 0.5) is 5.82 Å². The van der Waals surface area contributed by atoms with Crippen molar-refractivity contribution in [3.05, 3.63) is 42.2 Å². The van der Waals surface area contributed by atoms with Crippen molar-refractivity contribution < 1.29 is 4.74 Å². The zero-order valence-corrected chi connectivity index (χ0v) is 15.8. The van der Waals surface area contributed by atoms with E-state index < -0.39 is 0 Å². The van der Waals surface area contributed by atoms with Crippen molar-refractivity contribution in [2.24, 2.45) is 0 Å². The van der Waals surface area contributed by atoms with Gasteiger partial charge in [-0.15, -0.1) is 0 Å². The quantitative estimate of drug-likeness (QED) is 0.572. The summed E-state index contributed by atoms with van der Waals surface area (Å²) in [6.07, 6.45) is 3.54. The highest BCUT2D eigenvalue weighted by Crippen LogP contribution is 2.35. The molecule has 5 heterocycles. The number of pyridine rings is 2. The zero-order chi connectivity index (χ0) is 19.1. The second-order valence-corrected chi connectivity index (χ2v) is 7.08. The maximum Gasteiger partial charge on any atom is 0.130 e. The fourth-order valence-electron chi connectivity index (χ4n) is 3.72. The Hall–Kier alpha value is -3.26. The van der Waals surface area contributed by atoms with Gasteiger partial charge in [-0.2, -0.15) is 10.2 Å². The monoisotopic (exact) mass is 375 g/mol. The van der Waals surface area contributed by atoms with Gasteiger partial charge in [0.25, 0.3) is 0 Å². The number of morpholine rings is 1. The Balaban J connectivity index is 1.77. The average molecular weight is 375 g/mol. The fraction of sp³-hybridized carbons (Fsp3) is 0.300. The van der Waals surface area contributed by atoms with Crippen molar-refractivity contribution in [3.8, 4) is 22.6 Å². The Morgan fingerprint density at radius 1 is 1.18 bits per heavy atom. The lowest BCUT2D eigenvalue weighted by Gasteiger charge is -2.34. The van der Waals surface area contributed by atoms with Crippen molar-refractivity contribution in [2.45, 2.75) is 19.9 Å². The molecule has 8 nitrogen and oxygen atoms in total. The van der Waals surface area contributed by atoms with Gasteiger partial charge in [0.2, 0.25) is 0 Å². The summed E-state index contributed by atoms with van der Waals surface area (Å²) in [5.41, 5.74) is 6.27. The van der Waals surface area contributed by atoms with Gasteiger partial charge < -0.3 is 9.64 Å². The summed E-state index contributed by atoms with van der Waals surface area (Å²) in [7, 11) is 0. The fourth-order valence-corrected chi connectivity index (χ4v) is 3.72. The highest BCUT2D eigenvalue weighted by atomic mass is 16.5. The van der Waals surface area contributed by atoms with Crippen LogP contribution in [0.25, 0.3) is 33.7 Å². The van der Waals surface area contributed by atoms with E-state index in [9.17, 15) is 0 Å². The molecule has 1 atom stereocenters. The number of rotatable bonds is 3. The molecule has 1 aliphatic rings. The Kier molecular flexibility index (Phi) is 4.05. The van der Waals surface area contributed by atoms with Crippen molar-refractivity contribution >= 4 is 16.9 Å². The maximum absolute atomic E-state index is 5.61. The molecule has 1 saturated heterocycles. The number of aromatic amines is 2. The van der Waals surface area contributed by atoms with Gasteiger partial charge in [-0.1, -0.05) is 6.07 Å². The molecule has 4 aromatic heterocycles. The lowest BCUT2D eigenvalue weighted by atomic mass is 10.0. The zero-order valence-electron chi connectivity index (χ0n) is 15.8. The number of hydrogen-bond acceptors (Lipinski definition) is 6. The molecule has 28 heavy (non-hydrogen) atoms. The average Bonchev–Trinajstić information content (AvgIpc) is 3.37. The molecule has 1 fully saturated rings. The summed E-state index contributed by atoms with van der Waals surface area (Å²) in [5.74, 6) is 0.908. The van der Waals surface area contributed by atoms with Crippen molar-refractivity contribution in [1.82, 2.24) is 30.4 Å². The minimum Gasteiger partial charge on any atom is -0.377 e. The number of aryl methyl sites for hydroxylation is 1. The summed E-state index contributed by atoms with van der Waals surface area (Å²) in [6.45, 7) is 6.41. The van der Waals surface area contributed by atoms with Gasteiger partial charge in [-0.3, -0.25) is 15.2 Å². The van der Waals surface area contributed by atoms with E-state index in [1.54, 1.807) is 6.20 Å². The van der Waals surface area contributed by atoms with Crippen LogP contribution in [0.2, 0.25) is 0 Å². The van der Waals surface area contributed by atoms with E-state index in [2.05, 4.69) is 56.3 Å². The van der Waals surface area contributed by atoms with E-state index in [4.69, 9.17) is 9.72 Å². The van der Waals surface area contributed by atoms with Gasteiger partial charge in [-0.05, 0) is 37.6 Å². The van der Waals surface area contributed by atoms with E-state index in [-0.39, 0.29) is 6.04 Å². The van der Waals surface area contributed by atoms with E-state index >= 15 is 0 Å². The Labute approximate surface area is 162 Å². The van der Waals surface area contributed by atoms with Crippen LogP contribution in [0.3, 0.4) is 0 Å². The number of H-pyrrole nitrogens is 2. The first-order chi connectivity index (χ1) is 13.7. The number of anilines is 1. The molecule has 0 aliphatic carbocycles. The maximum atomic E-state index is 5.61. The molecule has 5 rings (SSSR count). The van der Waals surface area contributed by atoms with E-state index in [0.717, 1.165) is 51.6 Å². The molecule has 0 radical (unpaired) electrons. The Bertz CT molecular complexity index is 1120. The van der Waals surface area contributed by atoms with Gasteiger partial charge in [0.15, 0.2) is 0 Å². The van der Waals surface area contributed by atoms with Crippen LogP contribution in [0.1, 0.15) is 12.5 Å². The van der Waals surface area contributed by atoms with Gasteiger partial charge >= 0.3 is 0 Å². The van der Waals surface area contributed by atoms with Crippen LogP contribution < -0.4 is 4.90 Å². The second kappa shape index (κ2) is 6.72. The molecular weight excluding hydrogens is 354 g/mol. The van der Waals surface area contributed by atoms with Crippen molar-refractivity contribution in [2.75, 3.05) is 24.7 Å². The number of ether oxygens (including phenoxy) is 1. The Morgan fingerprint density at radius 2 is 2.11 bits per heavy atom. The topological polar surface area (TPSA) is 95.6 Å². The molecule has 0 unspecified atom stereocenters. The van der Waals surface area contributed by atoms with Crippen LogP contribution in [-0.4, -0.2) is 56.2 Å². The number of nitrogens with one attached hydrogen (secondary N) is 2. The van der Waals surface area contributed by atoms with Crippen LogP contribution in [-0.2, 0) is 4.74 Å². The summed E-state index contributed by atoms with van der Waals surface area (Å²) < 4.78 is 5.61. The molecule has 0 aromatic carbocycles. The lowest BCUT2D eigenvalue weighted by Crippen LogP contribution is -2.44. The summed E-state index contributed by atoms with van der Waals surface area (Å²) >= 11 is 0. The third kappa shape index (κ3) is 2.73. The van der Waals surface area contributed by atoms with E-state index in [1.165, 1.54) is 0 Å². The predicted molar refractivity (Wildman–Crippen MR) is 107 cm³/mol. The van der Waals surface area contributed by atoms with Crippen molar-refractivity contribution in [1.29, 1.82) is 0 Å². The van der Waals surface area contributed by atoms with Gasteiger partial charge in [0, 0.05) is 24.5 Å². The highest BCUT2D eigenvalue weighted by Gasteiger charge is 2.24. The number of nitrogens with zero attached hydrogens (tertiary/aromatic N) is 5. The SMILES string of the molecule is Cc1cccnc1-c1cc(N2CCOC[C@H]2C)nc2c(-c3ccn[nH]3)[nH]nc12. The van der Waals surface area contributed by atoms with E-state index in [0.29, 0.717) is 13.2 Å². The molecule has 0 amide bonds. The smallest absolute Gasteiger partial charge is 0.130 e. The molecule has 142 valence electrons. The number of fused-ring (bicyclic) bond motifs is 1. The van der Waals surface area contributed by atoms with Crippen LogP contribution in [0.15, 0.2) is 36.7 Å². The molecule has 0 saturated carbocycles. The predicted octanol–water partition coefficient (Wildman–Crippen LogP) is 2.94. The molecule has 0 bridgehead atoms. The number of aromatic nitrogens is 6. The molecule has 8 heteroatoms. The third-order valence-corrected chi connectivity index (χ3v) is 5.19. The molecule has 2 N–H and O–H groups in total. The van der Waals surface area contributed by atoms with Crippen molar-refractivity contribution in [3.63, 3.8) is 0 Å². The normalized spacial score (nSPS) is 17.4. The first-order valence-electron chi connectivity index (χ1n) is 9.37. The van der Waals surface area contributed by atoms with Crippen LogP contribution in [0.5, 0.6) is 0 Å². The first-order valence-corrected chi connectivity index (χ1v) is 9.37. The molecular formula is C20H21N7O. The van der Waals surface area contributed by atoms with E-state index in [1.807, 2.05) is 18.3 Å². The molecule has 1 aliphatic heterocycles. The minimum absolute atomic E-state index is 0.249. The second-order valence-electron chi connectivity index (χ2n) is 7.08. The summed E-state index contributed by atoms with van der Waals surface area (Å²) in [6, 6.07) is 8.26. The Morgan fingerprint density at radius 3 is 2.89 bits per heavy atom. The van der Waals surface area contributed by atoms with Crippen LogP contribution in [0, 0.1) is 6.92 Å². The van der Waals surface area contributed by atoms with Gasteiger partial charge in [-0.25, -0.2) is 4.98 Å².